The van der Waals surface area contributed by atoms with Crippen LogP contribution < -0.4 is 10.8 Å². The molecule has 1 atom stereocenters. The number of amides is 1. The average molecular weight is 582 g/mol. The summed E-state index contributed by atoms with van der Waals surface area (Å²) in [5.74, 6) is -0.985. The molecule has 1 amide bonds. The average Bonchev–Trinajstić information content (AvgIpc) is 3.45. The summed E-state index contributed by atoms with van der Waals surface area (Å²) in [5, 5.41) is 16.8. The molecule has 0 aromatic heterocycles. The van der Waals surface area contributed by atoms with Gasteiger partial charge in [-0.25, -0.2) is 4.39 Å². The van der Waals surface area contributed by atoms with Crippen LogP contribution in [0.1, 0.15) is 75.1 Å². The van der Waals surface area contributed by atoms with Crippen molar-refractivity contribution in [3.8, 4) is 0 Å². The van der Waals surface area contributed by atoms with Crippen molar-refractivity contribution in [2.24, 2.45) is 5.16 Å². The van der Waals surface area contributed by atoms with E-state index < -0.39 is 42.6 Å². The standard InChI is InChI=1S/C31H31BF4N2O4/c1-16-10-22(11-17(2)19(16)4)30(31(34,35)36)14-26(38-42-30)21-7-8-23(18(3)9-21)28(39)37-15-20-12-24-27(25(33)13-20)29(5,6)41-32(24)40/h7-13,40H,14-15H2,1-6H3,(H,37,39). The highest BCUT2D eigenvalue weighted by molar-refractivity contribution is 6.62. The first-order valence-electron chi connectivity index (χ1n) is 13.5. The minimum absolute atomic E-state index is 0.00675. The van der Waals surface area contributed by atoms with Gasteiger partial charge in [0.1, 0.15) is 5.82 Å². The lowest BCUT2D eigenvalue weighted by atomic mass is 9.77. The number of hydrogen-bond donors (Lipinski definition) is 2. The molecule has 6 nitrogen and oxygen atoms in total. The fraction of sp³-hybridized carbons (Fsp3) is 0.355. The maximum absolute atomic E-state index is 14.8. The van der Waals surface area contributed by atoms with E-state index in [9.17, 15) is 27.4 Å². The van der Waals surface area contributed by atoms with Gasteiger partial charge in [0.05, 0.1) is 11.3 Å². The van der Waals surface area contributed by atoms with Crippen molar-refractivity contribution in [1.82, 2.24) is 5.32 Å². The molecular formula is C31H31BF4N2O4. The van der Waals surface area contributed by atoms with Crippen molar-refractivity contribution in [2.45, 2.75) is 71.9 Å². The molecule has 0 fully saturated rings. The molecule has 0 aliphatic carbocycles. The van der Waals surface area contributed by atoms with Crippen molar-refractivity contribution >= 4 is 24.2 Å². The second kappa shape index (κ2) is 10.2. The molecule has 3 aromatic rings. The van der Waals surface area contributed by atoms with Crippen LogP contribution in [0.25, 0.3) is 0 Å². The Labute approximate surface area is 241 Å². The number of alkyl halides is 3. The van der Waals surface area contributed by atoms with Gasteiger partial charge in [0.25, 0.3) is 11.5 Å². The maximum Gasteiger partial charge on any atom is 0.492 e. The monoisotopic (exact) mass is 582 g/mol. The van der Waals surface area contributed by atoms with E-state index in [4.69, 9.17) is 9.49 Å². The molecule has 220 valence electrons. The Morgan fingerprint density at radius 2 is 1.71 bits per heavy atom. The molecule has 2 aliphatic rings. The van der Waals surface area contributed by atoms with Gasteiger partial charge in [-0.1, -0.05) is 29.4 Å². The smallest absolute Gasteiger partial charge is 0.423 e. The largest absolute Gasteiger partial charge is 0.492 e. The van der Waals surface area contributed by atoms with Crippen LogP contribution in [0.15, 0.2) is 47.6 Å². The predicted molar refractivity (Wildman–Crippen MR) is 151 cm³/mol. The molecule has 1 unspecified atom stereocenters. The SMILES string of the molecule is Cc1cc(C2=NOC(c3cc(C)c(C)c(C)c3)(C(F)(F)F)C2)ccc1C(=O)NCc1cc(F)c2c(c1)B(O)OC2(C)C. The summed E-state index contributed by atoms with van der Waals surface area (Å²) in [6.45, 7) is 10.4. The number of hydrogen-bond acceptors (Lipinski definition) is 5. The van der Waals surface area contributed by atoms with Crippen molar-refractivity contribution in [3.63, 3.8) is 0 Å². The number of rotatable bonds is 5. The number of nitrogens with zero attached hydrogens (tertiary/aromatic N) is 1. The summed E-state index contributed by atoms with van der Waals surface area (Å²) in [6, 6.07) is 10.5. The summed E-state index contributed by atoms with van der Waals surface area (Å²) >= 11 is 0. The van der Waals surface area contributed by atoms with Gasteiger partial charge in [0, 0.05) is 29.7 Å². The molecule has 5 rings (SSSR count). The van der Waals surface area contributed by atoms with Crippen molar-refractivity contribution in [3.05, 3.63) is 98.4 Å². The lowest BCUT2D eigenvalue weighted by Gasteiger charge is -2.30. The molecule has 2 aliphatic heterocycles. The quantitative estimate of drug-likeness (QED) is 0.307. The van der Waals surface area contributed by atoms with Crippen LogP contribution >= 0.6 is 0 Å². The molecule has 3 aromatic carbocycles. The van der Waals surface area contributed by atoms with Gasteiger partial charge < -0.3 is 19.8 Å². The summed E-state index contributed by atoms with van der Waals surface area (Å²) in [6.07, 6.45) is -5.24. The van der Waals surface area contributed by atoms with E-state index in [0.29, 0.717) is 27.7 Å². The lowest BCUT2D eigenvalue weighted by Crippen LogP contribution is -2.42. The second-order valence-corrected chi connectivity index (χ2v) is 11.6. The van der Waals surface area contributed by atoms with Gasteiger partial charge in [-0.05, 0) is 98.6 Å². The Balaban J connectivity index is 1.34. The second-order valence-electron chi connectivity index (χ2n) is 11.6. The molecule has 0 bridgehead atoms. The Hall–Kier alpha value is -3.70. The zero-order valence-electron chi connectivity index (χ0n) is 24.2. The molecule has 0 saturated carbocycles. The fourth-order valence-corrected chi connectivity index (χ4v) is 5.72. The molecule has 0 saturated heterocycles. The highest BCUT2D eigenvalue weighted by Crippen LogP contribution is 2.49. The third-order valence-electron chi connectivity index (χ3n) is 8.29. The van der Waals surface area contributed by atoms with Crippen LogP contribution in [0.3, 0.4) is 0 Å². The first-order chi connectivity index (χ1) is 19.5. The van der Waals surface area contributed by atoms with Crippen LogP contribution in [-0.4, -0.2) is 29.9 Å². The Kier molecular flexibility index (Phi) is 7.26. The highest BCUT2D eigenvalue weighted by Gasteiger charge is 2.62. The van der Waals surface area contributed by atoms with Crippen LogP contribution in [0, 0.1) is 33.5 Å². The number of carbonyl (C=O) groups is 1. The van der Waals surface area contributed by atoms with Crippen LogP contribution in [0.2, 0.25) is 0 Å². The van der Waals surface area contributed by atoms with E-state index in [2.05, 4.69) is 10.5 Å². The van der Waals surface area contributed by atoms with Gasteiger partial charge in [0.2, 0.25) is 0 Å². The van der Waals surface area contributed by atoms with Gasteiger partial charge in [0.15, 0.2) is 0 Å². The summed E-state index contributed by atoms with van der Waals surface area (Å²) in [5.41, 5.74) is 1.15. The van der Waals surface area contributed by atoms with Crippen molar-refractivity contribution in [1.29, 1.82) is 0 Å². The Morgan fingerprint density at radius 3 is 2.33 bits per heavy atom. The molecule has 2 heterocycles. The molecule has 11 heteroatoms. The van der Waals surface area contributed by atoms with Gasteiger partial charge in [-0.3, -0.25) is 4.79 Å². The number of aryl methyl sites for hydroxylation is 3. The number of fused-ring (bicyclic) bond motifs is 1. The molecule has 42 heavy (non-hydrogen) atoms. The van der Waals surface area contributed by atoms with E-state index in [0.717, 1.165) is 16.7 Å². The highest BCUT2D eigenvalue weighted by atomic mass is 19.4. The molecular weight excluding hydrogens is 551 g/mol. The number of benzene rings is 3. The van der Waals surface area contributed by atoms with Gasteiger partial charge in [-0.15, -0.1) is 0 Å². The molecule has 0 radical (unpaired) electrons. The molecule has 0 spiro atoms. The van der Waals surface area contributed by atoms with Crippen LogP contribution in [0.4, 0.5) is 17.6 Å². The van der Waals surface area contributed by atoms with Gasteiger partial charge >= 0.3 is 13.3 Å². The van der Waals surface area contributed by atoms with E-state index in [1.54, 1.807) is 46.8 Å². The number of carbonyl (C=O) groups excluding carboxylic acids is 1. The summed E-state index contributed by atoms with van der Waals surface area (Å²) < 4.78 is 63.7. The van der Waals surface area contributed by atoms with Crippen molar-refractivity contribution < 1.29 is 36.9 Å². The maximum atomic E-state index is 14.8. The zero-order valence-corrected chi connectivity index (χ0v) is 24.2. The minimum atomic E-state index is -4.73. The van der Waals surface area contributed by atoms with E-state index in [1.165, 1.54) is 30.3 Å². The first-order valence-corrected chi connectivity index (χ1v) is 13.5. The molecule has 2 N–H and O–H groups in total. The van der Waals surface area contributed by atoms with E-state index in [1.807, 2.05) is 6.92 Å². The Morgan fingerprint density at radius 1 is 1.05 bits per heavy atom. The van der Waals surface area contributed by atoms with Gasteiger partial charge in [-0.2, -0.15) is 13.2 Å². The summed E-state index contributed by atoms with van der Waals surface area (Å²) in [4.78, 5) is 18.2. The summed E-state index contributed by atoms with van der Waals surface area (Å²) in [7, 11) is -1.27. The van der Waals surface area contributed by atoms with E-state index in [-0.39, 0.29) is 23.4 Å². The first kappa shape index (κ1) is 29.8. The Bertz CT molecular complexity index is 1610. The van der Waals surface area contributed by atoms with Crippen molar-refractivity contribution in [2.75, 3.05) is 0 Å². The zero-order chi connectivity index (χ0) is 30.8. The number of halogens is 4. The number of nitrogens with one attached hydrogen (secondary N) is 1. The third-order valence-corrected chi connectivity index (χ3v) is 8.29. The predicted octanol–water partition coefficient (Wildman–Crippen LogP) is 5.52. The number of oxime groups is 1. The van der Waals surface area contributed by atoms with Crippen LogP contribution in [0.5, 0.6) is 0 Å². The minimum Gasteiger partial charge on any atom is -0.423 e. The lowest BCUT2D eigenvalue weighted by molar-refractivity contribution is -0.275. The fourth-order valence-electron chi connectivity index (χ4n) is 5.72. The van der Waals surface area contributed by atoms with E-state index >= 15 is 0 Å². The normalized spacial score (nSPS) is 19.4. The topological polar surface area (TPSA) is 80.2 Å². The van der Waals surface area contributed by atoms with Crippen LogP contribution in [-0.2, 0) is 27.2 Å². The third kappa shape index (κ3) is 4.98.